The van der Waals surface area contributed by atoms with E-state index in [0.29, 0.717) is 5.56 Å². The first-order valence-electron chi connectivity index (χ1n) is 8.95. The van der Waals surface area contributed by atoms with Gasteiger partial charge in [-0.2, -0.15) is 0 Å². The van der Waals surface area contributed by atoms with Crippen LogP contribution in [0.1, 0.15) is 10.4 Å². The molecule has 142 valence electrons. The molecular weight excluding hydrogens is 375 g/mol. The van der Waals surface area contributed by atoms with Gasteiger partial charge in [0.15, 0.2) is 0 Å². The van der Waals surface area contributed by atoms with Crippen molar-refractivity contribution < 1.29 is 23.6 Å². The van der Waals surface area contributed by atoms with Gasteiger partial charge in [0.05, 0.1) is 5.69 Å². The van der Waals surface area contributed by atoms with Crippen molar-refractivity contribution in [1.29, 1.82) is 0 Å². The van der Waals surface area contributed by atoms with E-state index in [1.807, 2.05) is 30.3 Å². The van der Waals surface area contributed by atoms with Gasteiger partial charge in [0, 0.05) is 5.56 Å². The Balaban J connectivity index is 1.48. The van der Waals surface area contributed by atoms with Crippen molar-refractivity contribution in [3.05, 3.63) is 78.1 Å². The lowest BCUT2D eigenvalue weighted by molar-refractivity contribution is -0.126. The first kappa shape index (κ1) is 17.2. The summed E-state index contributed by atoms with van der Waals surface area (Å²) in [4.78, 5) is 44.7. The molecule has 0 radical (unpaired) electrons. The highest BCUT2D eigenvalue weighted by Gasteiger charge is 2.57. The number of hydrogen-bond donors (Lipinski definition) is 0. The molecule has 5 rings (SSSR count). The Morgan fingerprint density at radius 2 is 1.66 bits per heavy atom. The van der Waals surface area contributed by atoms with Crippen LogP contribution in [0.2, 0.25) is 0 Å². The van der Waals surface area contributed by atoms with E-state index in [1.165, 1.54) is 12.1 Å². The molecule has 3 aromatic rings. The van der Waals surface area contributed by atoms with Crippen molar-refractivity contribution in [3.8, 4) is 0 Å². The van der Waals surface area contributed by atoms with Crippen molar-refractivity contribution in [3.63, 3.8) is 0 Å². The first-order valence-corrected chi connectivity index (χ1v) is 8.95. The van der Waals surface area contributed by atoms with Crippen molar-refractivity contribution in [2.75, 3.05) is 4.90 Å². The van der Waals surface area contributed by atoms with E-state index in [-0.39, 0.29) is 11.4 Å². The number of carbonyl (C=O) groups excluding carboxylic acids is 3. The highest BCUT2D eigenvalue weighted by molar-refractivity contribution is 6.52. The topological polar surface area (TPSA) is 76.0 Å². The summed E-state index contributed by atoms with van der Waals surface area (Å²) in [5.74, 6) is -3.32. The molecule has 6 nitrogen and oxygen atoms in total. The predicted octanol–water partition coefficient (Wildman–Crippen LogP) is 3.11. The summed E-state index contributed by atoms with van der Waals surface area (Å²) in [5.41, 5.74) is 0.470. The zero-order chi connectivity index (χ0) is 20.1. The van der Waals surface area contributed by atoms with Crippen molar-refractivity contribution in [2.45, 2.75) is 6.10 Å². The third-order valence-corrected chi connectivity index (χ3v) is 5.14. The average Bonchev–Trinajstić information content (AvgIpc) is 3.28. The third kappa shape index (κ3) is 2.62. The van der Waals surface area contributed by atoms with E-state index in [2.05, 4.69) is 5.16 Å². The molecule has 0 unspecified atom stereocenters. The molecule has 0 aromatic heterocycles. The number of nitrogens with zero attached hydrogens (tertiary/aromatic N) is 2. The maximum atomic E-state index is 13.2. The summed E-state index contributed by atoms with van der Waals surface area (Å²) < 4.78 is 13.2. The summed E-state index contributed by atoms with van der Waals surface area (Å²) in [7, 11) is 0. The quantitative estimate of drug-likeness (QED) is 0.510. The molecule has 0 spiro atoms. The molecule has 2 aliphatic rings. The lowest BCUT2D eigenvalue weighted by Gasteiger charge is -2.15. The molecule has 0 N–H and O–H groups in total. The Morgan fingerprint density at radius 1 is 0.931 bits per heavy atom. The van der Waals surface area contributed by atoms with Crippen LogP contribution in [0.25, 0.3) is 10.8 Å². The van der Waals surface area contributed by atoms with Gasteiger partial charge >= 0.3 is 0 Å². The summed E-state index contributed by atoms with van der Waals surface area (Å²) in [6.45, 7) is 0. The van der Waals surface area contributed by atoms with Gasteiger partial charge in [-0.05, 0) is 41.1 Å². The average molecular weight is 388 g/mol. The van der Waals surface area contributed by atoms with Crippen LogP contribution in [0.4, 0.5) is 10.1 Å². The van der Waals surface area contributed by atoms with E-state index < -0.39 is 35.4 Å². The Morgan fingerprint density at radius 3 is 2.41 bits per heavy atom. The number of hydrogen-bond acceptors (Lipinski definition) is 5. The Bertz CT molecular complexity index is 1220. The van der Waals surface area contributed by atoms with Gasteiger partial charge in [0.1, 0.15) is 17.4 Å². The zero-order valence-corrected chi connectivity index (χ0v) is 14.9. The number of carbonyl (C=O) groups is 3. The number of ketones is 1. The van der Waals surface area contributed by atoms with Gasteiger partial charge < -0.3 is 4.84 Å². The van der Waals surface area contributed by atoms with Gasteiger partial charge in [-0.3, -0.25) is 14.4 Å². The van der Waals surface area contributed by atoms with Crippen molar-refractivity contribution in [1.82, 2.24) is 0 Å². The number of oxime groups is 1. The largest absolute Gasteiger partial charge is 0.381 e. The Labute approximate surface area is 164 Å². The second kappa shape index (κ2) is 6.34. The summed E-state index contributed by atoms with van der Waals surface area (Å²) in [5, 5.41) is 5.60. The number of fused-ring (bicyclic) bond motifs is 2. The van der Waals surface area contributed by atoms with Gasteiger partial charge in [-0.25, -0.2) is 9.29 Å². The number of rotatable bonds is 3. The molecule has 0 bridgehead atoms. The number of imide groups is 1. The summed E-state index contributed by atoms with van der Waals surface area (Å²) in [6.07, 6.45) is -1.19. The standard InChI is InChI=1S/C22H13FN2O4/c23-15-7-9-16(10-8-15)25-21(27)17-18(24-29-20(17)22(25)28)19(26)14-6-5-12-3-1-2-4-13(12)11-14/h1-11,17,20H/t17-,20+/m0/s1. The Hall–Kier alpha value is -3.87. The minimum absolute atomic E-state index is 0.103. The van der Waals surface area contributed by atoms with Crippen LogP contribution in [0, 0.1) is 11.7 Å². The monoisotopic (exact) mass is 388 g/mol. The molecule has 29 heavy (non-hydrogen) atoms. The fraction of sp³-hybridized carbons (Fsp3) is 0.0909. The third-order valence-electron chi connectivity index (χ3n) is 5.14. The fourth-order valence-electron chi connectivity index (χ4n) is 3.69. The number of benzene rings is 3. The van der Waals surface area contributed by atoms with Crippen molar-refractivity contribution in [2.24, 2.45) is 11.1 Å². The highest BCUT2D eigenvalue weighted by Crippen LogP contribution is 2.34. The predicted molar refractivity (Wildman–Crippen MR) is 103 cm³/mol. The second-order valence-electron chi connectivity index (χ2n) is 6.86. The fourth-order valence-corrected chi connectivity index (χ4v) is 3.69. The normalized spacial score (nSPS) is 20.6. The van der Waals surface area contributed by atoms with Gasteiger partial charge in [0.2, 0.25) is 17.8 Å². The van der Waals surface area contributed by atoms with E-state index in [4.69, 9.17) is 4.84 Å². The number of halogens is 1. The number of anilines is 1. The second-order valence-corrected chi connectivity index (χ2v) is 6.86. The molecule has 1 saturated heterocycles. The number of Topliss-reactive ketones (excluding diaryl/α,β-unsaturated/α-hetero) is 1. The molecule has 2 heterocycles. The summed E-state index contributed by atoms with van der Waals surface area (Å²) in [6, 6.07) is 17.7. The maximum Gasteiger partial charge on any atom is 0.278 e. The van der Waals surface area contributed by atoms with E-state index in [0.717, 1.165) is 27.8 Å². The van der Waals surface area contributed by atoms with Gasteiger partial charge in [0.25, 0.3) is 5.91 Å². The molecule has 3 aromatic carbocycles. The van der Waals surface area contributed by atoms with Gasteiger partial charge in [-0.15, -0.1) is 0 Å². The lowest BCUT2D eigenvalue weighted by Crippen LogP contribution is -2.34. The molecule has 7 heteroatoms. The van der Waals surface area contributed by atoms with Crippen molar-refractivity contribution >= 4 is 39.8 Å². The number of amides is 2. The minimum atomic E-state index is -1.19. The van der Waals surface area contributed by atoms with E-state index in [9.17, 15) is 18.8 Å². The maximum absolute atomic E-state index is 13.2. The first-order chi connectivity index (χ1) is 14.0. The highest BCUT2D eigenvalue weighted by atomic mass is 19.1. The lowest BCUT2D eigenvalue weighted by atomic mass is 9.92. The van der Waals surface area contributed by atoms with Crippen LogP contribution in [0.15, 0.2) is 71.9 Å². The Kier molecular flexibility index (Phi) is 3.77. The molecule has 0 saturated carbocycles. The summed E-state index contributed by atoms with van der Waals surface area (Å²) >= 11 is 0. The molecule has 1 fully saturated rings. The molecular formula is C22H13FN2O4. The zero-order valence-electron chi connectivity index (χ0n) is 14.9. The van der Waals surface area contributed by atoms with Crippen LogP contribution in [0.3, 0.4) is 0 Å². The SMILES string of the molecule is O=C(C1=NO[C@H]2C(=O)N(c3ccc(F)cc3)C(=O)[C@@H]12)c1ccc2ccccc2c1. The van der Waals surface area contributed by atoms with E-state index in [1.54, 1.807) is 12.1 Å². The smallest absolute Gasteiger partial charge is 0.278 e. The van der Waals surface area contributed by atoms with E-state index >= 15 is 0 Å². The van der Waals surface area contributed by atoms with Crippen LogP contribution < -0.4 is 4.90 Å². The van der Waals surface area contributed by atoms with Crippen LogP contribution in [-0.4, -0.2) is 29.4 Å². The van der Waals surface area contributed by atoms with Crippen LogP contribution in [-0.2, 0) is 14.4 Å². The molecule has 0 aliphatic carbocycles. The molecule has 2 amide bonds. The van der Waals surface area contributed by atoms with Gasteiger partial charge in [-0.1, -0.05) is 41.6 Å². The van der Waals surface area contributed by atoms with Crippen LogP contribution in [0.5, 0.6) is 0 Å². The molecule has 2 atom stereocenters. The minimum Gasteiger partial charge on any atom is -0.381 e. The molecule has 2 aliphatic heterocycles. The van der Waals surface area contributed by atoms with Crippen LogP contribution >= 0.6 is 0 Å².